The van der Waals surface area contributed by atoms with Crippen molar-refractivity contribution in [2.24, 2.45) is 0 Å². The number of halogens is 2. The first-order valence-corrected chi connectivity index (χ1v) is 9.36. The van der Waals surface area contributed by atoms with Crippen LogP contribution in [0.3, 0.4) is 0 Å². The molecule has 0 bridgehead atoms. The highest BCUT2D eigenvalue weighted by molar-refractivity contribution is 6.35. The van der Waals surface area contributed by atoms with E-state index in [1.54, 1.807) is 18.2 Å². The van der Waals surface area contributed by atoms with E-state index in [1.807, 2.05) is 13.0 Å². The molecule has 0 aliphatic heterocycles. The predicted molar refractivity (Wildman–Crippen MR) is 103 cm³/mol. The van der Waals surface area contributed by atoms with E-state index < -0.39 is 6.10 Å². The molecule has 1 amide bonds. The number of nitrogens with one attached hydrogen (secondary N) is 1. The molecule has 2 aromatic rings. The summed E-state index contributed by atoms with van der Waals surface area (Å²) < 4.78 is 5.95. The summed E-state index contributed by atoms with van der Waals surface area (Å²) in [4.78, 5) is 12.5. The van der Waals surface area contributed by atoms with E-state index in [1.165, 1.54) is 24.0 Å². The summed E-state index contributed by atoms with van der Waals surface area (Å²) in [5.74, 6) is 0.533. The van der Waals surface area contributed by atoms with Gasteiger partial charge in [-0.3, -0.25) is 4.79 Å². The second kappa shape index (κ2) is 8.11. The van der Waals surface area contributed by atoms with E-state index in [9.17, 15) is 4.79 Å². The van der Waals surface area contributed by atoms with Crippen molar-refractivity contribution in [1.82, 2.24) is 0 Å². The van der Waals surface area contributed by atoms with Crippen LogP contribution >= 0.6 is 23.2 Å². The van der Waals surface area contributed by atoms with Crippen LogP contribution in [0.15, 0.2) is 36.4 Å². The average molecular weight is 378 g/mol. The molecule has 0 fully saturated rings. The fraction of sp³-hybridized carbons (Fsp3) is 0.350. The van der Waals surface area contributed by atoms with Crippen LogP contribution < -0.4 is 10.1 Å². The molecule has 1 aliphatic rings. The van der Waals surface area contributed by atoms with Crippen molar-refractivity contribution < 1.29 is 9.53 Å². The molecule has 0 saturated carbocycles. The molecular weight excluding hydrogens is 357 g/mol. The van der Waals surface area contributed by atoms with E-state index in [4.69, 9.17) is 27.9 Å². The van der Waals surface area contributed by atoms with E-state index in [-0.39, 0.29) is 5.91 Å². The number of amides is 1. The van der Waals surface area contributed by atoms with Gasteiger partial charge in [-0.25, -0.2) is 0 Å². The lowest BCUT2D eigenvalue weighted by Gasteiger charge is -2.20. The summed E-state index contributed by atoms with van der Waals surface area (Å²) in [6.45, 7) is 1.92. The molecule has 3 nitrogen and oxygen atoms in total. The van der Waals surface area contributed by atoms with Crippen molar-refractivity contribution >= 4 is 34.8 Å². The molecule has 0 saturated heterocycles. The van der Waals surface area contributed by atoms with E-state index in [0.717, 1.165) is 18.6 Å². The number of ether oxygens (including phenoxy) is 1. The Balaban J connectivity index is 1.70. The lowest BCUT2D eigenvalue weighted by molar-refractivity contribution is -0.122. The molecule has 1 unspecified atom stereocenters. The minimum Gasteiger partial charge on any atom is -0.481 e. The quantitative estimate of drug-likeness (QED) is 0.728. The number of fused-ring (bicyclic) bond motifs is 1. The first kappa shape index (κ1) is 18.1. The van der Waals surface area contributed by atoms with Gasteiger partial charge >= 0.3 is 0 Å². The minimum absolute atomic E-state index is 0.210. The van der Waals surface area contributed by atoms with Crippen LogP contribution in [0.25, 0.3) is 0 Å². The summed E-state index contributed by atoms with van der Waals surface area (Å²) in [6, 6.07) is 11.1. The molecular formula is C20H21Cl2NO2. The van der Waals surface area contributed by atoms with Crippen molar-refractivity contribution in [3.05, 3.63) is 57.6 Å². The van der Waals surface area contributed by atoms with Gasteiger partial charge in [0.2, 0.25) is 0 Å². The van der Waals surface area contributed by atoms with Crippen LogP contribution in [0.5, 0.6) is 5.75 Å². The third-order valence-electron chi connectivity index (χ3n) is 4.39. The first-order chi connectivity index (χ1) is 12.0. The Kier molecular flexibility index (Phi) is 5.87. The van der Waals surface area contributed by atoms with Gasteiger partial charge in [-0.05, 0) is 73.6 Å². The number of aryl methyl sites for hydroxylation is 2. The third-order valence-corrected chi connectivity index (χ3v) is 4.83. The standard InChI is InChI=1S/C20H21Cl2NO2/c1-2-19(20(24)23-17-11-15(21)10-16(22)12-17)25-18-8-7-13-5-3-4-6-14(13)9-18/h7-12,19H,2-6H2,1H3,(H,23,24). The Morgan fingerprint density at radius 3 is 2.44 bits per heavy atom. The highest BCUT2D eigenvalue weighted by atomic mass is 35.5. The number of hydrogen-bond acceptors (Lipinski definition) is 2. The molecule has 5 heteroatoms. The number of benzene rings is 2. The predicted octanol–water partition coefficient (Wildman–Crippen LogP) is 5.67. The Labute approximate surface area is 158 Å². The zero-order valence-corrected chi connectivity index (χ0v) is 15.7. The van der Waals surface area contributed by atoms with Crippen LogP contribution in [-0.4, -0.2) is 12.0 Å². The molecule has 1 N–H and O–H groups in total. The maximum Gasteiger partial charge on any atom is 0.265 e. The minimum atomic E-state index is -0.570. The van der Waals surface area contributed by atoms with Crippen LogP contribution in [0.1, 0.15) is 37.3 Å². The number of hydrogen-bond donors (Lipinski definition) is 1. The Morgan fingerprint density at radius 2 is 1.76 bits per heavy atom. The summed E-state index contributed by atoms with van der Waals surface area (Å²) in [7, 11) is 0. The van der Waals surface area contributed by atoms with Crippen molar-refractivity contribution in [2.75, 3.05) is 5.32 Å². The Hall–Kier alpha value is -1.71. The highest BCUT2D eigenvalue weighted by Crippen LogP contribution is 2.27. The van der Waals surface area contributed by atoms with Crippen LogP contribution in [-0.2, 0) is 17.6 Å². The number of anilines is 1. The largest absolute Gasteiger partial charge is 0.481 e. The zero-order valence-electron chi connectivity index (χ0n) is 14.1. The van der Waals surface area contributed by atoms with Crippen LogP contribution in [0, 0.1) is 0 Å². The van der Waals surface area contributed by atoms with Crippen LogP contribution in [0.2, 0.25) is 10.0 Å². The Bertz CT molecular complexity index is 756. The molecule has 3 rings (SSSR count). The average Bonchev–Trinajstić information content (AvgIpc) is 2.58. The van der Waals surface area contributed by atoms with Crippen molar-refractivity contribution in [1.29, 1.82) is 0 Å². The lowest BCUT2D eigenvalue weighted by atomic mass is 9.92. The Morgan fingerprint density at radius 1 is 1.08 bits per heavy atom. The van der Waals surface area contributed by atoms with Gasteiger partial charge in [0.15, 0.2) is 6.10 Å². The molecule has 132 valence electrons. The summed E-state index contributed by atoms with van der Waals surface area (Å²) >= 11 is 12.0. The number of carbonyl (C=O) groups is 1. The van der Waals surface area contributed by atoms with Gasteiger partial charge < -0.3 is 10.1 Å². The van der Waals surface area contributed by atoms with Gasteiger partial charge in [0, 0.05) is 15.7 Å². The second-order valence-electron chi connectivity index (χ2n) is 6.30. The van der Waals surface area contributed by atoms with Crippen LogP contribution in [0.4, 0.5) is 5.69 Å². The molecule has 1 aliphatic carbocycles. The van der Waals surface area contributed by atoms with Gasteiger partial charge in [-0.2, -0.15) is 0 Å². The molecule has 0 aromatic heterocycles. The van der Waals surface area contributed by atoms with Gasteiger partial charge in [0.25, 0.3) is 5.91 Å². The van der Waals surface area contributed by atoms with Crippen molar-refractivity contribution in [3.8, 4) is 5.75 Å². The molecule has 0 radical (unpaired) electrons. The normalized spacial score (nSPS) is 14.5. The zero-order chi connectivity index (χ0) is 17.8. The maximum absolute atomic E-state index is 12.5. The van der Waals surface area contributed by atoms with Crippen molar-refractivity contribution in [2.45, 2.75) is 45.1 Å². The smallest absolute Gasteiger partial charge is 0.265 e. The maximum atomic E-state index is 12.5. The summed E-state index contributed by atoms with van der Waals surface area (Å²) in [5, 5.41) is 3.78. The third kappa shape index (κ3) is 4.68. The molecule has 25 heavy (non-hydrogen) atoms. The fourth-order valence-electron chi connectivity index (χ4n) is 3.12. The summed E-state index contributed by atoms with van der Waals surface area (Å²) in [6.07, 6.45) is 4.66. The molecule has 0 spiro atoms. The highest BCUT2D eigenvalue weighted by Gasteiger charge is 2.20. The monoisotopic (exact) mass is 377 g/mol. The van der Waals surface area contributed by atoms with Crippen molar-refractivity contribution in [3.63, 3.8) is 0 Å². The van der Waals surface area contributed by atoms with E-state index in [2.05, 4.69) is 17.4 Å². The number of carbonyl (C=O) groups excluding carboxylic acids is 1. The second-order valence-corrected chi connectivity index (χ2v) is 7.17. The number of rotatable bonds is 5. The lowest BCUT2D eigenvalue weighted by Crippen LogP contribution is -2.32. The molecule has 2 aromatic carbocycles. The van der Waals surface area contributed by atoms with Gasteiger partial charge in [0.1, 0.15) is 5.75 Å². The van der Waals surface area contributed by atoms with Gasteiger partial charge in [-0.1, -0.05) is 36.2 Å². The SMILES string of the molecule is CCC(Oc1ccc2c(c1)CCCC2)C(=O)Nc1cc(Cl)cc(Cl)c1. The first-order valence-electron chi connectivity index (χ1n) is 8.60. The van der Waals surface area contributed by atoms with E-state index in [0.29, 0.717) is 22.2 Å². The van der Waals surface area contributed by atoms with Gasteiger partial charge in [-0.15, -0.1) is 0 Å². The topological polar surface area (TPSA) is 38.3 Å². The molecule has 0 heterocycles. The summed E-state index contributed by atoms with van der Waals surface area (Å²) in [5.41, 5.74) is 3.29. The fourth-order valence-corrected chi connectivity index (χ4v) is 3.64. The van der Waals surface area contributed by atoms with Gasteiger partial charge in [0.05, 0.1) is 0 Å². The molecule has 1 atom stereocenters. The van der Waals surface area contributed by atoms with E-state index >= 15 is 0 Å².